The van der Waals surface area contributed by atoms with Gasteiger partial charge in [0.2, 0.25) is 5.88 Å². The molecule has 2 N–H and O–H groups in total. The summed E-state index contributed by atoms with van der Waals surface area (Å²) >= 11 is 7.71. The van der Waals surface area contributed by atoms with Gasteiger partial charge in [-0.05, 0) is 36.2 Å². The fourth-order valence-electron chi connectivity index (χ4n) is 4.12. The third-order valence-electron chi connectivity index (χ3n) is 5.81. The van der Waals surface area contributed by atoms with Crippen molar-refractivity contribution in [3.8, 4) is 23.3 Å². The van der Waals surface area contributed by atoms with E-state index in [2.05, 4.69) is 6.07 Å². The lowest BCUT2D eigenvalue weighted by Crippen LogP contribution is -2.21. The normalized spacial score (nSPS) is 14.6. The molecule has 1 aliphatic rings. The molecule has 8 heteroatoms. The number of nitriles is 1. The average Bonchev–Trinajstić information content (AvgIpc) is 3.23. The van der Waals surface area contributed by atoms with Crippen LogP contribution in [0, 0.1) is 11.3 Å². The van der Waals surface area contributed by atoms with Gasteiger partial charge in [-0.3, -0.25) is 0 Å². The van der Waals surface area contributed by atoms with E-state index in [0.717, 1.165) is 33.4 Å². The molecule has 0 spiro atoms. The summed E-state index contributed by atoms with van der Waals surface area (Å²) in [6, 6.07) is 22.3. The predicted octanol–water partition coefficient (Wildman–Crippen LogP) is 6.78. The maximum Gasteiger partial charge on any atom is 0.355 e. The van der Waals surface area contributed by atoms with E-state index in [1.54, 1.807) is 18.2 Å². The minimum Gasteiger partial charge on any atom is -0.494 e. The highest BCUT2D eigenvalue weighted by molar-refractivity contribution is 7.21. The minimum atomic E-state index is -0.558. The summed E-state index contributed by atoms with van der Waals surface area (Å²) in [5, 5.41) is 11.0. The van der Waals surface area contributed by atoms with E-state index in [9.17, 15) is 10.1 Å². The van der Waals surface area contributed by atoms with Gasteiger partial charge >= 0.3 is 5.97 Å². The van der Waals surface area contributed by atoms with Gasteiger partial charge in [-0.25, -0.2) is 4.79 Å². The van der Waals surface area contributed by atoms with Gasteiger partial charge in [0.25, 0.3) is 0 Å². The van der Waals surface area contributed by atoms with Gasteiger partial charge in [-0.1, -0.05) is 54.9 Å². The molecule has 0 saturated carbocycles. The van der Waals surface area contributed by atoms with Crippen LogP contribution in [0.15, 0.2) is 78.2 Å². The van der Waals surface area contributed by atoms with Crippen molar-refractivity contribution in [2.24, 2.45) is 5.73 Å². The molecule has 1 unspecified atom stereocenters. The number of esters is 1. The molecule has 0 saturated heterocycles. The Hall–Kier alpha value is -3.99. The second-order valence-corrected chi connectivity index (χ2v) is 9.60. The van der Waals surface area contributed by atoms with Crippen LogP contribution in [0.4, 0.5) is 0 Å². The number of halogens is 1. The summed E-state index contributed by atoms with van der Waals surface area (Å²) in [7, 11) is 0. The molecule has 0 radical (unpaired) electrons. The number of carbonyl (C=O) groups excluding carboxylic acids is 1. The van der Waals surface area contributed by atoms with E-state index in [4.69, 9.17) is 31.5 Å². The molecular formula is C28H21ClN2O4S. The number of allylic oxidation sites excluding steroid dienone is 1. The number of hydrogen-bond donors (Lipinski definition) is 1. The van der Waals surface area contributed by atoms with Gasteiger partial charge in [-0.2, -0.15) is 5.26 Å². The number of ether oxygens (including phenoxy) is 3. The number of thiophene rings is 1. The summed E-state index contributed by atoms with van der Waals surface area (Å²) in [6.07, 6.45) is 0.912. The molecule has 6 nitrogen and oxygen atoms in total. The van der Waals surface area contributed by atoms with Crippen LogP contribution in [0.25, 0.3) is 10.1 Å². The zero-order valence-corrected chi connectivity index (χ0v) is 20.9. The molecule has 5 rings (SSSR count). The Morgan fingerprint density at radius 2 is 1.89 bits per heavy atom. The quantitative estimate of drug-likeness (QED) is 0.224. The third kappa shape index (κ3) is 4.37. The van der Waals surface area contributed by atoms with Crippen LogP contribution in [0.3, 0.4) is 0 Å². The molecule has 3 aromatic carbocycles. The van der Waals surface area contributed by atoms with Crippen LogP contribution in [0.2, 0.25) is 5.02 Å². The predicted molar refractivity (Wildman–Crippen MR) is 140 cm³/mol. The lowest BCUT2D eigenvalue weighted by atomic mass is 9.83. The van der Waals surface area contributed by atoms with E-state index in [0.29, 0.717) is 27.8 Å². The molecule has 4 aromatic rings. The first-order valence-electron chi connectivity index (χ1n) is 11.3. The SMILES string of the molecule is CCCOc1ccc(C2C(C#N)=C(N)Oc3cc(OC(=O)c4sc5ccccc5c4Cl)ccc32)cc1. The van der Waals surface area contributed by atoms with Crippen molar-refractivity contribution >= 4 is 39.0 Å². The Labute approximate surface area is 217 Å². The topological polar surface area (TPSA) is 94.6 Å². The van der Waals surface area contributed by atoms with Crippen molar-refractivity contribution < 1.29 is 19.0 Å². The first-order valence-corrected chi connectivity index (χ1v) is 12.5. The van der Waals surface area contributed by atoms with Crippen molar-refractivity contribution in [3.63, 3.8) is 0 Å². The van der Waals surface area contributed by atoms with Crippen LogP contribution in [0.5, 0.6) is 17.2 Å². The number of carbonyl (C=O) groups is 1. The molecule has 36 heavy (non-hydrogen) atoms. The van der Waals surface area contributed by atoms with Crippen LogP contribution in [-0.4, -0.2) is 12.6 Å². The smallest absolute Gasteiger partial charge is 0.355 e. The van der Waals surface area contributed by atoms with E-state index < -0.39 is 11.9 Å². The summed E-state index contributed by atoms with van der Waals surface area (Å²) < 4.78 is 18.0. The van der Waals surface area contributed by atoms with E-state index in [-0.39, 0.29) is 11.6 Å². The molecule has 0 bridgehead atoms. The number of benzene rings is 3. The molecule has 1 atom stereocenters. The minimum absolute atomic E-state index is 0.0114. The Morgan fingerprint density at radius 1 is 1.14 bits per heavy atom. The number of hydrogen-bond acceptors (Lipinski definition) is 7. The van der Waals surface area contributed by atoms with Crippen molar-refractivity contribution in [1.29, 1.82) is 5.26 Å². The second kappa shape index (κ2) is 9.94. The first-order chi connectivity index (χ1) is 17.5. The average molecular weight is 517 g/mol. The fraction of sp³-hybridized carbons (Fsp3) is 0.143. The summed E-state index contributed by atoms with van der Waals surface area (Å²) in [4.78, 5) is 13.2. The summed E-state index contributed by atoms with van der Waals surface area (Å²) in [6.45, 7) is 2.67. The van der Waals surface area contributed by atoms with Crippen molar-refractivity contribution in [3.05, 3.63) is 99.2 Å². The van der Waals surface area contributed by atoms with Crippen LogP contribution in [0.1, 0.15) is 40.1 Å². The lowest BCUT2D eigenvalue weighted by molar-refractivity contribution is 0.0740. The molecule has 2 heterocycles. The van der Waals surface area contributed by atoms with Gasteiger partial charge in [0.05, 0.1) is 17.5 Å². The van der Waals surface area contributed by atoms with Gasteiger partial charge in [-0.15, -0.1) is 11.3 Å². The number of rotatable bonds is 6. The van der Waals surface area contributed by atoms with Gasteiger partial charge in [0.15, 0.2) is 0 Å². The van der Waals surface area contributed by atoms with E-state index >= 15 is 0 Å². The Balaban J connectivity index is 1.45. The highest BCUT2D eigenvalue weighted by Crippen LogP contribution is 2.44. The highest BCUT2D eigenvalue weighted by atomic mass is 35.5. The van der Waals surface area contributed by atoms with Crippen molar-refractivity contribution in [1.82, 2.24) is 0 Å². The van der Waals surface area contributed by atoms with Crippen LogP contribution < -0.4 is 19.9 Å². The molecule has 0 amide bonds. The van der Waals surface area contributed by atoms with Crippen molar-refractivity contribution in [2.75, 3.05) is 6.61 Å². The summed E-state index contributed by atoms with van der Waals surface area (Å²) in [5.74, 6) is 0.471. The number of nitrogens with two attached hydrogens (primary N) is 1. The van der Waals surface area contributed by atoms with E-state index in [1.807, 2.05) is 55.5 Å². The Kier molecular flexibility index (Phi) is 6.55. The van der Waals surface area contributed by atoms with Crippen LogP contribution in [-0.2, 0) is 0 Å². The first kappa shape index (κ1) is 23.7. The van der Waals surface area contributed by atoms with Crippen LogP contribution >= 0.6 is 22.9 Å². The van der Waals surface area contributed by atoms with Gasteiger partial charge in [0.1, 0.15) is 33.8 Å². The molecule has 0 aliphatic carbocycles. The molecule has 180 valence electrons. The third-order valence-corrected chi connectivity index (χ3v) is 7.46. The molecule has 1 aliphatic heterocycles. The zero-order valence-electron chi connectivity index (χ0n) is 19.3. The standard InChI is InChI=1S/C28H21ClN2O4S/c1-2-13-33-17-9-7-16(8-10-17)24-19-12-11-18(14-22(19)35-27(31)21(24)15-30)34-28(32)26-25(29)20-5-3-4-6-23(20)36-26/h3-12,14,24H,2,13,31H2,1H3. The maximum absolute atomic E-state index is 12.9. The molecule has 1 aromatic heterocycles. The molecule has 0 fully saturated rings. The number of nitrogens with zero attached hydrogens (tertiary/aromatic N) is 1. The highest BCUT2D eigenvalue weighted by Gasteiger charge is 2.31. The van der Waals surface area contributed by atoms with Crippen molar-refractivity contribution in [2.45, 2.75) is 19.3 Å². The zero-order chi connectivity index (χ0) is 25.2. The van der Waals surface area contributed by atoms with E-state index in [1.165, 1.54) is 11.3 Å². The van der Waals surface area contributed by atoms with Gasteiger partial charge < -0.3 is 19.9 Å². The lowest BCUT2D eigenvalue weighted by Gasteiger charge is -2.26. The number of fused-ring (bicyclic) bond motifs is 2. The fourth-order valence-corrected chi connectivity index (χ4v) is 5.50. The molecular weight excluding hydrogens is 496 g/mol. The summed E-state index contributed by atoms with van der Waals surface area (Å²) in [5.41, 5.74) is 8.04. The second-order valence-electron chi connectivity index (χ2n) is 8.17. The maximum atomic E-state index is 12.9. The monoisotopic (exact) mass is 516 g/mol. The Bertz CT molecular complexity index is 1540. The largest absolute Gasteiger partial charge is 0.494 e. The Morgan fingerprint density at radius 3 is 2.61 bits per heavy atom. The van der Waals surface area contributed by atoms with Gasteiger partial charge in [0, 0.05) is 21.7 Å².